The lowest BCUT2D eigenvalue weighted by Gasteiger charge is -2.27. The molecule has 0 saturated heterocycles. The van der Waals surface area contributed by atoms with Crippen LogP contribution in [0.4, 0.5) is 4.39 Å². The maximum atomic E-state index is 13.1. The van der Waals surface area contributed by atoms with E-state index in [0.717, 1.165) is 4.68 Å². The van der Waals surface area contributed by atoms with Crippen LogP contribution < -0.4 is 21.3 Å². The van der Waals surface area contributed by atoms with E-state index in [-0.39, 0.29) is 12.8 Å². The van der Waals surface area contributed by atoms with Crippen LogP contribution in [0.1, 0.15) is 51.6 Å². The molecule has 0 aliphatic carbocycles. The number of carboxylic acids is 4. The van der Waals surface area contributed by atoms with Crippen molar-refractivity contribution in [2.24, 2.45) is 5.92 Å². The van der Waals surface area contributed by atoms with Crippen molar-refractivity contribution in [3.8, 4) is 0 Å². The SMILES string of the molecule is CC(C)[C@H](NC(=O)[C@H](CCC(=O)O)NC(=O)[C@H](CC(=O)O)NC(=O)Cn1cc(CCCF)nn1)C(=O)NC(CC(=O)O)C(=O)O. The number of rotatable bonds is 21. The predicted octanol–water partition coefficient (Wildman–Crippen LogP) is -2.33. The summed E-state index contributed by atoms with van der Waals surface area (Å²) in [5.41, 5.74) is 0.390. The number of hydrogen-bond acceptors (Lipinski definition) is 10. The Morgan fingerprint density at radius 3 is 1.91 bits per heavy atom. The summed E-state index contributed by atoms with van der Waals surface area (Å²) in [4.78, 5) is 96.5. The highest BCUT2D eigenvalue weighted by Crippen LogP contribution is 2.08. The first-order valence-corrected chi connectivity index (χ1v) is 13.6. The second-order valence-electron chi connectivity index (χ2n) is 10.1. The molecule has 1 heterocycles. The van der Waals surface area contributed by atoms with E-state index in [4.69, 9.17) is 10.2 Å². The van der Waals surface area contributed by atoms with Gasteiger partial charge in [-0.2, -0.15) is 0 Å². The normalized spacial score (nSPS) is 13.5. The number of carbonyl (C=O) groups is 8. The zero-order valence-corrected chi connectivity index (χ0v) is 24.4. The Balaban J connectivity index is 3.09. The quantitative estimate of drug-likeness (QED) is 0.0696. The van der Waals surface area contributed by atoms with E-state index in [1.807, 2.05) is 5.32 Å². The van der Waals surface area contributed by atoms with Gasteiger partial charge in [0.15, 0.2) is 0 Å². The molecule has 1 rings (SSSR count). The molecule has 0 fully saturated rings. The number of carboxylic acid groups (broad SMARTS) is 4. The van der Waals surface area contributed by atoms with Crippen LogP contribution in [0.25, 0.3) is 0 Å². The van der Waals surface area contributed by atoms with Crippen molar-refractivity contribution >= 4 is 47.5 Å². The summed E-state index contributed by atoms with van der Waals surface area (Å²) in [6.45, 7) is 1.83. The minimum Gasteiger partial charge on any atom is -0.481 e. The highest BCUT2D eigenvalue weighted by atomic mass is 19.1. The second kappa shape index (κ2) is 18.5. The minimum absolute atomic E-state index is 0.179. The van der Waals surface area contributed by atoms with E-state index in [0.29, 0.717) is 5.69 Å². The molecule has 0 spiro atoms. The van der Waals surface area contributed by atoms with Crippen molar-refractivity contribution in [3.63, 3.8) is 0 Å². The molecule has 1 unspecified atom stereocenters. The molecule has 4 amide bonds. The highest BCUT2D eigenvalue weighted by Gasteiger charge is 2.34. The average Bonchev–Trinajstić information content (AvgIpc) is 3.37. The maximum Gasteiger partial charge on any atom is 0.326 e. The Morgan fingerprint density at radius 2 is 1.38 bits per heavy atom. The zero-order valence-electron chi connectivity index (χ0n) is 24.4. The van der Waals surface area contributed by atoms with E-state index >= 15 is 0 Å². The number of hydrogen-bond donors (Lipinski definition) is 8. The molecular formula is C25H36FN7O12. The molecular weight excluding hydrogens is 609 g/mol. The van der Waals surface area contributed by atoms with Crippen molar-refractivity contribution in [1.29, 1.82) is 0 Å². The zero-order chi connectivity index (χ0) is 34.3. The number of halogens is 1. The van der Waals surface area contributed by atoms with E-state index in [2.05, 4.69) is 26.3 Å². The first-order chi connectivity index (χ1) is 21.0. The van der Waals surface area contributed by atoms with E-state index in [1.165, 1.54) is 20.0 Å². The van der Waals surface area contributed by atoms with E-state index in [1.54, 1.807) is 0 Å². The molecule has 4 atom stereocenters. The maximum absolute atomic E-state index is 13.1. The lowest BCUT2D eigenvalue weighted by Crippen LogP contribution is -2.59. The van der Waals surface area contributed by atoms with Crippen LogP contribution in [0.3, 0.4) is 0 Å². The molecule has 0 aliphatic rings. The summed E-state index contributed by atoms with van der Waals surface area (Å²) in [7, 11) is 0. The average molecular weight is 646 g/mol. The largest absolute Gasteiger partial charge is 0.481 e. The fraction of sp³-hybridized carbons (Fsp3) is 0.600. The monoisotopic (exact) mass is 645 g/mol. The number of nitrogens with one attached hydrogen (secondary N) is 4. The third kappa shape index (κ3) is 14.2. The predicted molar refractivity (Wildman–Crippen MR) is 146 cm³/mol. The standard InChI is InChI=1S/C25H36FN7O12/c1-12(2)21(24(43)29-16(25(44)45)9-20(39)40)30-22(41)14(5-6-18(35)36)28-23(42)15(8-19(37)38)27-17(34)11-33-10-13(31-32-33)4-3-7-26/h10,12,14-16,21H,3-9,11H2,1-2H3,(H,27,34)(H,28,42)(H,29,43)(H,30,41)(H,35,36)(H,37,38)(H,39,40)(H,44,45)/t14-,15-,16?,21-/m0/s1. The molecule has 0 aromatic carbocycles. The van der Waals surface area contributed by atoms with Gasteiger partial charge in [-0.05, 0) is 25.2 Å². The smallest absolute Gasteiger partial charge is 0.326 e. The Kier molecular flexibility index (Phi) is 15.5. The van der Waals surface area contributed by atoms with Gasteiger partial charge in [0.25, 0.3) is 0 Å². The number of alkyl halides is 1. The number of aryl methyl sites for hydroxylation is 1. The topological polar surface area (TPSA) is 296 Å². The number of carbonyl (C=O) groups excluding carboxylic acids is 4. The first kappa shape index (κ1) is 37.9. The van der Waals surface area contributed by atoms with Crippen molar-refractivity contribution in [3.05, 3.63) is 11.9 Å². The highest BCUT2D eigenvalue weighted by molar-refractivity contribution is 5.96. The van der Waals surface area contributed by atoms with Crippen molar-refractivity contribution in [2.45, 2.75) is 83.1 Å². The summed E-state index contributed by atoms with van der Waals surface area (Å²) in [5, 5.41) is 52.6. The van der Waals surface area contributed by atoms with Gasteiger partial charge in [-0.25, -0.2) is 9.48 Å². The van der Waals surface area contributed by atoms with Gasteiger partial charge in [0.1, 0.15) is 30.7 Å². The Labute approximate surface area is 254 Å². The lowest BCUT2D eigenvalue weighted by molar-refractivity contribution is -0.147. The van der Waals surface area contributed by atoms with Crippen LogP contribution in [0.5, 0.6) is 0 Å². The first-order valence-electron chi connectivity index (χ1n) is 13.6. The molecule has 0 saturated carbocycles. The van der Waals surface area contributed by atoms with Gasteiger partial charge in [0, 0.05) is 12.6 Å². The van der Waals surface area contributed by atoms with E-state index < -0.39 is 116 Å². The third-order valence-corrected chi connectivity index (χ3v) is 6.01. The number of nitrogens with zero attached hydrogens (tertiary/aromatic N) is 3. The van der Waals surface area contributed by atoms with Gasteiger partial charge in [-0.15, -0.1) is 5.10 Å². The van der Waals surface area contributed by atoms with Crippen LogP contribution in [0.15, 0.2) is 6.20 Å². The number of aromatic nitrogens is 3. The van der Waals surface area contributed by atoms with Crippen molar-refractivity contribution < 1.29 is 63.2 Å². The second-order valence-corrected chi connectivity index (χ2v) is 10.1. The molecule has 1 aromatic rings. The molecule has 45 heavy (non-hydrogen) atoms. The summed E-state index contributed by atoms with van der Waals surface area (Å²) in [6, 6.07) is -6.72. The molecule has 0 aliphatic heterocycles. The summed E-state index contributed by atoms with van der Waals surface area (Å²) in [6.07, 6.45) is -1.32. The lowest BCUT2D eigenvalue weighted by atomic mass is 10.0. The molecule has 19 nitrogen and oxygen atoms in total. The number of aliphatic carboxylic acids is 4. The molecule has 250 valence electrons. The Bertz CT molecular complexity index is 1250. The van der Waals surface area contributed by atoms with Crippen LogP contribution in [-0.4, -0.2) is 114 Å². The van der Waals surface area contributed by atoms with Gasteiger partial charge in [-0.1, -0.05) is 19.1 Å². The molecule has 20 heteroatoms. The fourth-order valence-electron chi connectivity index (χ4n) is 3.78. The Morgan fingerprint density at radius 1 is 0.800 bits per heavy atom. The summed E-state index contributed by atoms with van der Waals surface area (Å²) in [5.74, 6) is -11.0. The van der Waals surface area contributed by atoms with Gasteiger partial charge in [-0.3, -0.25) is 38.0 Å². The fourth-order valence-corrected chi connectivity index (χ4v) is 3.78. The van der Waals surface area contributed by atoms with Crippen molar-refractivity contribution in [1.82, 2.24) is 36.3 Å². The van der Waals surface area contributed by atoms with Gasteiger partial charge in [0.2, 0.25) is 23.6 Å². The number of amides is 4. The van der Waals surface area contributed by atoms with Gasteiger partial charge < -0.3 is 41.7 Å². The Hall–Kier alpha value is -5.17. The summed E-state index contributed by atoms with van der Waals surface area (Å²) >= 11 is 0. The third-order valence-electron chi connectivity index (χ3n) is 6.01. The van der Waals surface area contributed by atoms with Gasteiger partial charge >= 0.3 is 23.9 Å². The van der Waals surface area contributed by atoms with Crippen LogP contribution in [-0.2, 0) is 51.3 Å². The molecule has 0 radical (unpaired) electrons. The molecule has 1 aromatic heterocycles. The van der Waals surface area contributed by atoms with Crippen LogP contribution >= 0.6 is 0 Å². The molecule has 8 N–H and O–H groups in total. The van der Waals surface area contributed by atoms with E-state index in [9.17, 15) is 53.0 Å². The van der Waals surface area contributed by atoms with Crippen molar-refractivity contribution in [2.75, 3.05) is 6.67 Å². The van der Waals surface area contributed by atoms with Gasteiger partial charge in [0.05, 0.1) is 25.2 Å². The van der Waals surface area contributed by atoms with Crippen LogP contribution in [0.2, 0.25) is 0 Å². The van der Waals surface area contributed by atoms with Crippen LogP contribution in [0, 0.1) is 5.92 Å². The minimum atomic E-state index is -1.84. The summed E-state index contributed by atoms with van der Waals surface area (Å²) < 4.78 is 13.4. The molecule has 0 bridgehead atoms.